The third-order valence-corrected chi connectivity index (χ3v) is 4.71. The molecule has 0 radical (unpaired) electrons. The Morgan fingerprint density at radius 3 is 2.77 bits per heavy atom. The summed E-state index contributed by atoms with van der Waals surface area (Å²) in [5, 5.41) is 2.09. The number of aromatic nitrogens is 1. The van der Waals surface area contributed by atoms with Crippen molar-refractivity contribution < 1.29 is 9.47 Å². The Bertz CT molecular complexity index is 532. The number of ether oxygens (including phenoxy) is 2. The summed E-state index contributed by atoms with van der Waals surface area (Å²) in [5.74, 6) is 0. The second-order valence-corrected chi connectivity index (χ2v) is 7.34. The highest BCUT2D eigenvalue weighted by molar-refractivity contribution is 9.11. The van der Waals surface area contributed by atoms with E-state index in [0.29, 0.717) is 6.61 Å². The summed E-state index contributed by atoms with van der Waals surface area (Å²) in [4.78, 5) is 4.37. The number of rotatable bonds is 10. The topological polar surface area (TPSA) is 31.4 Å². The SMILES string of the molecule is C[C@H](CCOCCCc1csc(Br)n1)OCc1ccccc1. The van der Waals surface area contributed by atoms with Gasteiger partial charge in [0.1, 0.15) is 0 Å². The van der Waals surface area contributed by atoms with Gasteiger partial charge in [-0.25, -0.2) is 4.98 Å². The monoisotopic (exact) mass is 383 g/mol. The van der Waals surface area contributed by atoms with E-state index in [0.717, 1.165) is 42.1 Å². The number of aryl methyl sites for hydroxylation is 1. The second kappa shape index (κ2) is 10.1. The van der Waals surface area contributed by atoms with E-state index in [9.17, 15) is 0 Å². The minimum Gasteiger partial charge on any atom is -0.381 e. The van der Waals surface area contributed by atoms with Gasteiger partial charge in [0.25, 0.3) is 0 Å². The summed E-state index contributed by atoms with van der Waals surface area (Å²) in [6, 6.07) is 10.3. The van der Waals surface area contributed by atoms with Crippen LogP contribution in [-0.2, 0) is 22.5 Å². The fourth-order valence-corrected chi connectivity index (χ4v) is 3.08. The molecule has 0 spiro atoms. The molecule has 2 rings (SSSR count). The van der Waals surface area contributed by atoms with Crippen molar-refractivity contribution >= 4 is 27.3 Å². The number of nitrogens with zero attached hydrogens (tertiary/aromatic N) is 1. The van der Waals surface area contributed by atoms with Crippen molar-refractivity contribution in [3.8, 4) is 0 Å². The van der Waals surface area contributed by atoms with E-state index >= 15 is 0 Å². The van der Waals surface area contributed by atoms with Crippen LogP contribution in [0.25, 0.3) is 0 Å². The molecule has 1 aromatic heterocycles. The van der Waals surface area contributed by atoms with Crippen LogP contribution in [0.2, 0.25) is 0 Å². The van der Waals surface area contributed by atoms with E-state index in [1.807, 2.05) is 18.2 Å². The van der Waals surface area contributed by atoms with Gasteiger partial charge in [0.05, 0.1) is 18.4 Å². The van der Waals surface area contributed by atoms with E-state index in [1.54, 1.807) is 11.3 Å². The first-order chi connectivity index (χ1) is 10.7. The molecule has 0 saturated carbocycles. The van der Waals surface area contributed by atoms with Gasteiger partial charge in [-0.2, -0.15) is 0 Å². The Hall–Kier alpha value is -0.750. The Morgan fingerprint density at radius 2 is 2.05 bits per heavy atom. The van der Waals surface area contributed by atoms with E-state index in [-0.39, 0.29) is 6.10 Å². The molecule has 0 aliphatic rings. The molecular weight excluding hydrogens is 362 g/mol. The first-order valence-corrected chi connectivity index (χ1v) is 9.24. The molecule has 0 aliphatic carbocycles. The van der Waals surface area contributed by atoms with Crippen LogP contribution in [0.4, 0.5) is 0 Å². The molecule has 2 aromatic rings. The average Bonchev–Trinajstić information content (AvgIpc) is 2.95. The second-order valence-electron chi connectivity index (χ2n) is 5.20. The van der Waals surface area contributed by atoms with Gasteiger partial charge in [0, 0.05) is 18.6 Å². The van der Waals surface area contributed by atoms with Gasteiger partial charge in [0.2, 0.25) is 0 Å². The van der Waals surface area contributed by atoms with Gasteiger partial charge in [-0.15, -0.1) is 11.3 Å². The van der Waals surface area contributed by atoms with Crippen molar-refractivity contribution in [3.05, 3.63) is 50.9 Å². The van der Waals surface area contributed by atoms with Gasteiger partial charge in [-0.3, -0.25) is 0 Å². The molecular formula is C17H22BrNO2S. The molecule has 1 atom stereocenters. The zero-order valence-electron chi connectivity index (χ0n) is 12.8. The number of hydrogen-bond donors (Lipinski definition) is 0. The van der Waals surface area contributed by atoms with Crippen molar-refractivity contribution in [1.29, 1.82) is 0 Å². The highest BCUT2D eigenvalue weighted by Crippen LogP contribution is 2.16. The molecule has 0 N–H and O–H groups in total. The Balaban J connectivity index is 1.47. The lowest BCUT2D eigenvalue weighted by molar-refractivity contribution is 0.0218. The largest absolute Gasteiger partial charge is 0.381 e. The number of hydrogen-bond acceptors (Lipinski definition) is 4. The van der Waals surface area contributed by atoms with E-state index in [4.69, 9.17) is 9.47 Å². The molecule has 22 heavy (non-hydrogen) atoms. The maximum atomic E-state index is 5.81. The van der Waals surface area contributed by atoms with Crippen molar-refractivity contribution in [2.45, 2.75) is 38.9 Å². The summed E-state index contributed by atoms with van der Waals surface area (Å²) in [7, 11) is 0. The van der Waals surface area contributed by atoms with Crippen molar-refractivity contribution in [2.75, 3.05) is 13.2 Å². The molecule has 0 unspecified atom stereocenters. The molecule has 0 fully saturated rings. The van der Waals surface area contributed by atoms with Crippen LogP contribution < -0.4 is 0 Å². The molecule has 1 aromatic carbocycles. The third kappa shape index (κ3) is 7.01. The van der Waals surface area contributed by atoms with Crippen molar-refractivity contribution in [3.63, 3.8) is 0 Å². The molecule has 3 nitrogen and oxygen atoms in total. The van der Waals surface area contributed by atoms with Crippen LogP contribution >= 0.6 is 27.3 Å². The van der Waals surface area contributed by atoms with Crippen molar-refractivity contribution in [2.24, 2.45) is 0 Å². The minimum absolute atomic E-state index is 0.217. The fraction of sp³-hybridized carbons (Fsp3) is 0.471. The number of thiazole rings is 1. The summed E-state index contributed by atoms with van der Waals surface area (Å²) in [6.45, 7) is 4.29. The minimum atomic E-state index is 0.217. The molecule has 0 aliphatic heterocycles. The third-order valence-electron chi connectivity index (χ3n) is 3.29. The number of benzene rings is 1. The quantitative estimate of drug-likeness (QED) is 0.549. The summed E-state index contributed by atoms with van der Waals surface area (Å²) in [6.07, 6.45) is 3.13. The molecule has 0 saturated heterocycles. The van der Waals surface area contributed by atoms with Crippen LogP contribution in [-0.4, -0.2) is 24.3 Å². The summed E-state index contributed by atoms with van der Waals surface area (Å²) in [5.41, 5.74) is 2.35. The van der Waals surface area contributed by atoms with Crippen LogP contribution in [0.15, 0.2) is 39.6 Å². The lowest BCUT2D eigenvalue weighted by Gasteiger charge is -2.13. The molecule has 0 amide bonds. The first kappa shape index (κ1) is 17.6. The summed E-state index contributed by atoms with van der Waals surface area (Å²) < 4.78 is 12.4. The van der Waals surface area contributed by atoms with Crippen LogP contribution in [0, 0.1) is 0 Å². The first-order valence-electron chi connectivity index (χ1n) is 7.57. The Kier molecular flexibility index (Phi) is 8.08. The van der Waals surface area contributed by atoms with Gasteiger partial charge < -0.3 is 9.47 Å². The van der Waals surface area contributed by atoms with Crippen molar-refractivity contribution in [1.82, 2.24) is 4.98 Å². The van der Waals surface area contributed by atoms with Gasteiger partial charge in [-0.1, -0.05) is 30.3 Å². The lowest BCUT2D eigenvalue weighted by Crippen LogP contribution is -2.12. The Labute approximate surface area is 144 Å². The maximum absolute atomic E-state index is 5.81. The maximum Gasteiger partial charge on any atom is 0.159 e. The molecule has 5 heteroatoms. The van der Waals surface area contributed by atoms with Gasteiger partial charge in [-0.05, 0) is 47.7 Å². The highest BCUT2D eigenvalue weighted by Gasteiger charge is 2.03. The van der Waals surface area contributed by atoms with E-state index < -0.39 is 0 Å². The smallest absolute Gasteiger partial charge is 0.159 e. The lowest BCUT2D eigenvalue weighted by atomic mass is 10.2. The highest BCUT2D eigenvalue weighted by atomic mass is 79.9. The molecule has 1 heterocycles. The van der Waals surface area contributed by atoms with E-state index in [2.05, 4.69) is 45.4 Å². The molecule has 120 valence electrons. The van der Waals surface area contributed by atoms with Crippen LogP contribution in [0.1, 0.15) is 31.0 Å². The zero-order valence-corrected chi connectivity index (χ0v) is 15.2. The standard InChI is InChI=1S/C17H22BrNO2S/c1-14(21-12-15-6-3-2-4-7-15)9-11-20-10-5-8-16-13-22-17(18)19-16/h2-4,6-7,13-14H,5,8-12H2,1H3/t14-/m1/s1. The predicted molar refractivity (Wildman–Crippen MR) is 94.3 cm³/mol. The normalized spacial score (nSPS) is 12.5. The fourth-order valence-electron chi connectivity index (χ4n) is 2.00. The van der Waals surface area contributed by atoms with Crippen LogP contribution in [0.5, 0.6) is 0 Å². The molecule has 0 bridgehead atoms. The van der Waals surface area contributed by atoms with E-state index in [1.165, 1.54) is 5.56 Å². The van der Waals surface area contributed by atoms with Crippen LogP contribution in [0.3, 0.4) is 0 Å². The zero-order chi connectivity index (χ0) is 15.6. The van der Waals surface area contributed by atoms with Gasteiger partial charge >= 0.3 is 0 Å². The Morgan fingerprint density at radius 1 is 1.23 bits per heavy atom. The predicted octanol–water partition coefficient (Wildman–Crippen LogP) is 4.85. The number of halogens is 1. The van der Waals surface area contributed by atoms with Gasteiger partial charge in [0.15, 0.2) is 3.92 Å². The summed E-state index contributed by atoms with van der Waals surface area (Å²) >= 11 is 5.00. The average molecular weight is 384 g/mol.